The molecule has 1 amide bonds. The molecule has 4 aromatic heterocycles. The Balaban J connectivity index is 1.82. The van der Waals surface area contributed by atoms with E-state index in [2.05, 4.69) is 35.0 Å². The first-order valence-corrected chi connectivity index (χ1v) is 10.2. The number of fused-ring (bicyclic) bond motifs is 1. The van der Waals surface area contributed by atoms with Gasteiger partial charge in [0.25, 0.3) is 11.6 Å². The number of thiophene rings is 1. The molecule has 0 aliphatic heterocycles. The Morgan fingerprint density at radius 2 is 2.03 bits per heavy atom. The molecule has 0 bridgehead atoms. The first kappa shape index (κ1) is 19.3. The zero-order valence-electron chi connectivity index (χ0n) is 17.1. The van der Waals surface area contributed by atoms with E-state index in [9.17, 15) is 4.79 Å². The number of pyridine rings is 2. The van der Waals surface area contributed by atoms with Crippen LogP contribution in [0.15, 0.2) is 41.2 Å². The molecule has 148 valence electrons. The highest BCUT2D eigenvalue weighted by molar-refractivity contribution is 7.12. The summed E-state index contributed by atoms with van der Waals surface area (Å²) in [6.45, 7) is 7.94. The van der Waals surface area contributed by atoms with E-state index in [1.54, 1.807) is 35.7 Å². The van der Waals surface area contributed by atoms with Crippen molar-refractivity contribution in [1.29, 1.82) is 0 Å². The molecule has 0 saturated carbocycles. The first-order valence-electron chi connectivity index (χ1n) is 9.38. The van der Waals surface area contributed by atoms with Crippen LogP contribution in [0.4, 0.5) is 0 Å². The largest absolute Gasteiger partial charge is 0.335 e. The van der Waals surface area contributed by atoms with E-state index < -0.39 is 0 Å². The van der Waals surface area contributed by atoms with Crippen molar-refractivity contribution in [3.05, 3.63) is 63.2 Å². The van der Waals surface area contributed by atoms with Crippen LogP contribution in [0.25, 0.3) is 22.4 Å². The summed E-state index contributed by atoms with van der Waals surface area (Å²) in [7, 11) is 1.80. The van der Waals surface area contributed by atoms with Crippen molar-refractivity contribution in [2.45, 2.75) is 33.7 Å². The van der Waals surface area contributed by atoms with E-state index in [1.807, 2.05) is 32.0 Å². The molecule has 0 aromatic carbocycles. The average molecular weight is 407 g/mol. The van der Waals surface area contributed by atoms with E-state index in [0.29, 0.717) is 22.4 Å². The fourth-order valence-electron chi connectivity index (χ4n) is 3.50. The molecule has 1 unspecified atom stereocenters. The Labute approximate surface area is 173 Å². The van der Waals surface area contributed by atoms with E-state index in [0.717, 1.165) is 21.7 Å². The topological polar surface area (TPSA) is 72.1 Å². The Kier molecular flexibility index (Phi) is 4.92. The SMILES string of the molecule is Cc1cc(-c2cc(C(=O)N(C)C(C)c3cccnc3)c3c(C)noc3n2)c(C)s1. The lowest BCUT2D eigenvalue weighted by molar-refractivity contribution is 0.0744. The number of aryl methyl sites for hydroxylation is 3. The molecule has 0 aliphatic rings. The van der Waals surface area contributed by atoms with Crippen molar-refractivity contribution in [3.8, 4) is 11.3 Å². The molecule has 4 aromatic rings. The molecule has 0 aliphatic carbocycles. The molecule has 0 N–H and O–H groups in total. The standard InChI is InChI=1S/C22H22N4O2S/c1-12-9-17(15(4)29-12)19-10-18(20-13(2)25-28-21(20)24-19)22(27)26(5)14(3)16-7-6-8-23-11-16/h6-11,14H,1-5H3. The van der Waals surface area contributed by atoms with Crippen molar-refractivity contribution in [2.75, 3.05) is 7.05 Å². The van der Waals surface area contributed by atoms with Crippen LogP contribution < -0.4 is 0 Å². The number of carbonyl (C=O) groups excluding carboxylic acids is 1. The summed E-state index contributed by atoms with van der Waals surface area (Å²) >= 11 is 1.71. The fraction of sp³-hybridized carbons (Fsp3) is 0.273. The van der Waals surface area contributed by atoms with Gasteiger partial charge in [0.2, 0.25) is 0 Å². The Bertz CT molecular complexity index is 1200. The van der Waals surface area contributed by atoms with Crippen LogP contribution in [-0.4, -0.2) is 33.0 Å². The minimum Gasteiger partial charge on any atom is -0.335 e. The van der Waals surface area contributed by atoms with Gasteiger partial charge in [-0.25, -0.2) is 4.98 Å². The smallest absolute Gasteiger partial charge is 0.259 e. The van der Waals surface area contributed by atoms with Crippen LogP contribution in [0.3, 0.4) is 0 Å². The second-order valence-electron chi connectivity index (χ2n) is 7.21. The fourth-order valence-corrected chi connectivity index (χ4v) is 4.43. The van der Waals surface area contributed by atoms with Crippen LogP contribution in [0, 0.1) is 20.8 Å². The van der Waals surface area contributed by atoms with Crippen molar-refractivity contribution >= 4 is 28.3 Å². The van der Waals surface area contributed by atoms with Gasteiger partial charge in [-0.3, -0.25) is 9.78 Å². The predicted molar refractivity (Wildman–Crippen MR) is 114 cm³/mol. The van der Waals surface area contributed by atoms with Gasteiger partial charge in [0, 0.05) is 34.8 Å². The van der Waals surface area contributed by atoms with Crippen LogP contribution >= 0.6 is 11.3 Å². The van der Waals surface area contributed by atoms with Gasteiger partial charge in [-0.15, -0.1) is 11.3 Å². The third-order valence-corrected chi connectivity index (χ3v) is 6.20. The quantitative estimate of drug-likeness (QED) is 0.471. The van der Waals surface area contributed by atoms with Crippen LogP contribution in [0.5, 0.6) is 0 Å². The number of rotatable bonds is 4. The van der Waals surface area contributed by atoms with Gasteiger partial charge < -0.3 is 9.42 Å². The molecule has 7 heteroatoms. The van der Waals surface area contributed by atoms with Gasteiger partial charge in [-0.2, -0.15) is 0 Å². The third kappa shape index (κ3) is 3.42. The molecule has 0 spiro atoms. The molecule has 4 rings (SSSR count). The number of nitrogens with zero attached hydrogens (tertiary/aromatic N) is 4. The highest BCUT2D eigenvalue weighted by atomic mass is 32.1. The minimum atomic E-state index is -0.131. The molecular weight excluding hydrogens is 384 g/mol. The molecule has 29 heavy (non-hydrogen) atoms. The first-order chi connectivity index (χ1) is 13.9. The van der Waals surface area contributed by atoms with Gasteiger partial charge in [0.05, 0.1) is 28.4 Å². The summed E-state index contributed by atoms with van der Waals surface area (Å²) < 4.78 is 5.43. The van der Waals surface area contributed by atoms with Gasteiger partial charge in [0.1, 0.15) is 0 Å². The van der Waals surface area contributed by atoms with E-state index in [1.165, 1.54) is 4.88 Å². The summed E-state index contributed by atoms with van der Waals surface area (Å²) in [5.41, 5.74) is 4.30. The zero-order valence-corrected chi connectivity index (χ0v) is 17.9. The number of hydrogen-bond donors (Lipinski definition) is 0. The Morgan fingerprint density at radius 3 is 2.69 bits per heavy atom. The van der Waals surface area contributed by atoms with Crippen molar-refractivity contribution in [2.24, 2.45) is 0 Å². The molecule has 6 nitrogen and oxygen atoms in total. The highest BCUT2D eigenvalue weighted by Crippen LogP contribution is 2.33. The predicted octanol–water partition coefficient (Wildman–Crippen LogP) is 5.10. The lowest BCUT2D eigenvalue weighted by Gasteiger charge is -2.25. The lowest BCUT2D eigenvalue weighted by atomic mass is 10.0. The van der Waals surface area contributed by atoms with Crippen molar-refractivity contribution < 1.29 is 9.32 Å². The van der Waals surface area contributed by atoms with Crippen LogP contribution in [0.2, 0.25) is 0 Å². The van der Waals surface area contributed by atoms with Crippen molar-refractivity contribution in [1.82, 2.24) is 20.0 Å². The van der Waals surface area contributed by atoms with Gasteiger partial charge in [0.15, 0.2) is 0 Å². The maximum Gasteiger partial charge on any atom is 0.259 e. The number of amides is 1. The third-order valence-electron chi connectivity index (χ3n) is 5.23. The number of carbonyl (C=O) groups is 1. The maximum atomic E-state index is 13.5. The zero-order chi connectivity index (χ0) is 20.7. The molecule has 0 radical (unpaired) electrons. The summed E-state index contributed by atoms with van der Waals surface area (Å²) in [6, 6.07) is 7.66. The van der Waals surface area contributed by atoms with Crippen molar-refractivity contribution in [3.63, 3.8) is 0 Å². The molecular formula is C22H22N4O2S. The highest BCUT2D eigenvalue weighted by Gasteiger charge is 2.25. The molecule has 0 saturated heterocycles. The van der Waals surface area contributed by atoms with E-state index >= 15 is 0 Å². The van der Waals surface area contributed by atoms with Gasteiger partial charge in [-0.05, 0) is 51.5 Å². The summed E-state index contributed by atoms with van der Waals surface area (Å²) in [5.74, 6) is -0.106. The Morgan fingerprint density at radius 1 is 1.24 bits per heavy atom. The summed E-state index contributed by atoms with van der Waals surface area (Å²) in [6.07, 6.45) is 3.51. The summed E-state index contributed by atoms with van der Waals surface area (Å²) in [5, 5.41) is 4.71. The van der Waals surface area contributed by atoms with Gasteiger partial charge in [-0.1, -0.05) is 11.2 Å². The van der Waals surface area contributed by atoms with E-state index in [4.69, 9.17) is 4.52 Å². The monoisotopic (exact) mass is 406 g/mol. The molecule has 1 atom stereocenters. The van der Waals surface area contributed by atoms with Crippen LogP contribution in [-0.2, 0) is 0 Å². The molecule has 4 heterocycles. The maximum absolute atomic E-state index is 13.5. The number of hydrogen-bond acceptors (Lipinski definition) is 6. The summed E-state index contributed by atoms with van der Waals surface area (Å²) in [4.78, 5) is 26.4. The lowest BCUT2D eigenvalue weighted by Crippen LogP contribution is -2.30. The second kappa shape index (κ2) is 7.40. The van der Waals surface area contributed by atoms with Gasteiger partial charge >= 0.3 is 0 Å². The van der Waals surface area contributed by atoms with E-state index in [-0.39, 0.29) is 11.9 Å². The normalized spacial score (nSPS) is 12.3. The number of aromatic nitrogens is 3. The second-order valence-corrected chi connectivity index (χ2v) is 8.67. The molecule has 0 fully saturated rings. The Hall–Kier alpha value is -3.06. The minimum absolute atomic E-state index is 0.106. The average Bonchev–Trinajstić information content (AvgIpc) is 3.27. The van der Waals surface area contributed by atoms with Crippen LogP contribution in [0.1, 0.15) is 44.3 Å².